The minimum atomic E-state index is -0.480. The van der Waals surface area contributed by atoms with Crippen LogP contribution in [0.4, 0.5) is 5.69 Å². The van der Waals surface area contributed by atoms with Crippen LogP contribution in [0.3, 0.4) is 0 Å². The number of H-pyrrole nitrogens is 2. The first-order chi connectivity index (χ1) is 13.4. The molecule has 146 valence electrons. The van der Waals surface area contributed by atoms with Gasteiger partial charge in [0.05, 0.1) is 16.7 Å². The molecule has 3 aromatic rings. The Morgan fingerprint density at radius 1 is 1.29 bits per heavy atom. The second-order valence-electron chi connectivity index (χ2n) is 6.99. The average molecular weight is 464 g/mol. The molecule has 1 aromatic carbocycles. The zero-order valence-corrected chi connectivity index (χ0v) is 17.5. The molecule has 0 unspecified atom stereocenters. The lowest BCUT2D eigenvalue weighted by Crippen LogP contribution is -2.20. The Morgan fingerprint density at radius 2 is 2.04 bits per heavy atom. The zero-order valence-electron chi connectivity index (χ0n) is 15.1. The second kappa shape index (κ2) is 7.56. The van der Waals surface area contributed by atoms with E-state index in [0.717, 1.165) is 19.3 Å². The molecule has 1 aliphatic rings. The molecule has 0 saturated heterocycles. The number of rotatable bonds is 4. The van der Waals surface area contributed by atoms with Crippen LogP contribution >= 0.6 is 27.3 Å². The number of aromatic nitrogens is 2. The Labute approximate surface area is 172 Å². The minimum Gasteiger partial charge on any atom is -0.451 e. The van der Waals surface area contributed by atoms with Crippen molar-refractivity contribution in [2.45, 2.75) is 26.2 Å². The maximum atomic E-state index is 12.3. The summed E-state index contributed by atoms with van der Waals surface area (Å²) in [6.07, 6.45) is 3.11. The predicted molar refractivity (Wildman–Crippen MR) is 111 cm³/mol. The van der Waals surface area contributed by atoms with E-state index in [-0.39, 0.29) is 12.3 Å². The first-order valence-corrected chi connectivity index (χ1v) is 10.5. The van der Waals surface area contributed by atoms with E-state index < -0.39 is 11.9 Å². The molecular formula is C19H18BrN3O4S. The second-order valence-corrected chi connectivity index (χ2v) is 8.98. The van der Waals surface area contributed by atoms with E-state index in [9.17, 15) is 14.4 Å². The zero-order chi connectivity index (χ0) is 19.8. The number of benzene rings is 1. The number of aromatic amines is 2. The number of esters is 1. The summed E-state index contributed by atoms with van der Waals surface area (Å²) in [5.74, 6) is -0.310. The topological polar surface area (TPSA) is 104 Å². The van der Waals surface area contributed by atoms with E-state index in [2.05, 4.69) is 38.1 Å². The summed E-state index contributed by atoms with van der Waals surface area (Å²) < 4.78 is 5.78. The van der Waals surface area contributed by atoms with Crippen molar-refractivity contribution in [3.05, 3.63) is 48.5 Å². The summed E-state index contributed by atoms with van der Waals surface area (Å²) in [4.78, 5) is 42.9. The minimum absolute atomic E-state index is 0.327. The van der Waals surface area contributed by atoms with Crippen molar-refractivity contribution in [3.8, 4) is 0 Å². The Hall–Kier alpha value is -2.39. The molecule has 2 heterocycles. The van der Waals surface area contributed by atoms with E-state index >= 15 is 0 Å². The smallest absolute Gasteiger partial charge is 0.348 e. The van der Waals surface area contributed by atoms with Gasteiger partial charge in [-0.25, -0.2) is 9.59 Å². The van der Waals surface area contributed by atoms with Crippen LogP contribution < -0.4 is 11.0 Å². The third kappa shape index (κ3) is 3.90. The molecule has 1 atom stereocenters. The van der Waals surface area contributed by atoms with Crippen molar-refractivity contribution in [1.82, 2.24) is 9.97 Å². The van der Waals surface area contributed by atoms with Crippen molar-refractivity contribution in [2.75, 3.05) is 11.9 Å². The van der Waals surface area contributed by atoms with Crippen LogP contribution in [0.25, 0.3) is 11.0 Å². The number of hydrogen-bond donors (Lipinski definition) is 3. The van der Waals surface area contributed by atoms with Gasteiger partial charge in [0.1, 0.15) is 4.88 Å². The number of amides is 1. The maximum absolute atomic E-state index is 12.3. The molecule has 7 nitrogen and oxygen atoms in total. The van der Waals surface area contributed by atoms with Gasteiger partial charge in [-0.15, -0.1) is 11.3 Å². The number of ether oxygens (including phenoxy) is 1. The molecule has 0 aliphatic heterocycles. The normalized spacial score (nSPS) is 16.0. The lowest BCUT2D eigenvalue weighted by Gasteiger charge is -2.16. The highest BCUT2D eigenvalue weighted by molar-refractivity contribution is 9.10. The fourth-order valence-electron chi connectivity index (χ4n) is 3.35. The van der Waals surface area contributed by atoms with Gasteiger partial charge in [-0.3, -0.25) is 4.79 Å². The third-order valence-corrected chi connectivity index (χ3v) is 6.62. The van der Waals surface area contributed by atoms with E-state index in [1.54, 1.807) is 12.1 Å². The van der Waals surface area contributed by atoms with Gasteiger partial charge in [0.25, 0.3) is 5.91 Å². The Morgan fingerprint density at radius 3 is 2.82 bits per heavy atom. The molecule has 1 aliphatic carbocycles. The molecule has 3 N–H and O–H groups in total. The van der Waals surface area contributed by atoms with Crippen molar-refractivity contribution in [1.29, 1.82) is 0 Å². The summed E-state index contributed by atoms with van der Waals surface area (Å²) >= 11 is 4.81. The molecule has 0 spiro atoms. The number of carbonyl (C=O) groups excluding carboxylic acids is 2. The number of anilines is 1. The number of thiophene rings is 1. The van der Waals surface area contributed by atoms with E-state index in [0.29, 0.717) is 32.0 Å². The SMILES string of the molecule is C[C@H]1CCc2sc(C(=O)OCC(=O)Nc3cc4[nH]c(=O)[nH]c4cc3Br)cc2C1. The third-order valence-electron chi connectivity index (χ3n) is 4.74. The fourth-order valence-corrected chi connectivity index (χ4v) is 4.89. The standard InChI is InChI=1S/C19H18BrN3O4S/c1-9-2-3-15-10(4-9)5-16(28-15)18(25)27-8-17(24)21-12-7-14-13(6-11(12)20)22-19(26)23-14/h5-7,9H,2-4,8H2,1H3,(H,21,24)(H2,22,23,26)/t9-/m0/s1. The lowest BCUT2D eigenvalue weighted by atomic mass is 9.90. The van der Waals surface area contributed by atoms with Crippen LogP contribution in [0.2, 0.25) is 0 Å². The van der Waals surface area contributed by atoms with Crippen LogP contribution in [0.1, 0.15) is 33.5 Å². The first-order valence-electron chi connectivity index (χ1n) is 8.89. The van der Waals surface area contributed by atoms with Crippen LogP contribution in [0, 0.1) is 5.92 Å². The van der Waals surface area contributed by atoms with E-state index in [1.165, 1.54) is 21.8 Å². The predicted octanol–water partition coefficient (Wildman–Crippen LogP) is 3.60. The highest BCUT2D eigenvalue weighted by atomic mass is 79.9. The van der Waals surface area contributed by atoms with Crippen molar-refractivity contribution in [2.24, 2.45) is 5.92 Å². The van der Waals surface area contributed by atoms with Gasteiger partial charge < -0.3 is 20.0 Å². The molecule has 28 heavy (non-hydrogen) atoms. The summed E-state index contributed by atoms with van der Waals surface area (Å²) in [5, 5.41) is 2.68. The van der Waals surface area contributed by atoms with Gasteiger partial charge in [-0.2, -0.15) is 0 Å². The first kappa shape index (κ1) is 18.9. The van der Waals surface area contributed by atoms with Crippen LogP contribution in [0.5, 0.6) is 0 Å². The Kier molecular flexibility index (Phi) is 5.11. The lowest BCUT2D eigenvalue weighted by molar-refractivity contribution is -0.119. The highest BCUT2D eigenvalue weighted by Crippen LogP contribution is 2.32. The molecule has 1 amide bonds. The maximum Gasteiger partial charge on any atom is 0.348 e. The number of nitrogens with one attached hydrogen (secondary N) is 3. The summed E-state index contributed by atoms with van der Waals surface area (Å²) in [6, 6.07) is 5.21. The van der Waals surface area contributed by atoms with Crippen molar-refractivity contribution >= 4 is 55.9 Å². The number of carbonyl (C=O) groups is 2. The van der Waals surface area contributed by atoms with Crippen molar-refractivity contribution in [3.63, 3.8) is 0 Å². The highest BCUT2D eigenvalue weighted by Gasteiger charge is 2.22. The summed E-state index contributed by atoms with van der Waals surface area (Å²) in [7, 11) is 0. The monoisotopic (exact) mass is 463 g/mol. The molecular weight excluding hydrogens is 446 g/mol. The largest absolute Gasteiger partial charge is 0.451 e. The van der Waals surface area contributed by atoms with Crippen LogP contribution in [-0.2, 0) is 22.4 Å². The number of halogens is 1. The van der Waals surface area contributed by atoms with Crippen LogP contribution in [0.15, 0.2) is 27.5 Å². The molecule has 4 rings (SSSR count). The molecule has 0 saturated carbocycles. The van der Waals surface area contributed by atoms with Crippen LogP contribution in [-0.4, -0.2) is 28.5 Å². The average Bonchev–Trinajstić information content (AvgIpc) is 3.21. The van der Waals surface area contributed by atoms with Gasteiger partial charge in [0, 0.05) is 9.35 Å². The van der Waals surface area contributed by atoms with Gasteiger partial charge in [0.15, 0.2) is 6.61 Å². The van der Waals surface area contributed by atoms with Gasteiger partial charge in [-0.1, -0.05) is 6.92 Å². The van der Waals surface area contributed by atoms with E-state index in [4.69, 9.17) is 4.74 Å². The number of hydrogen-bond acceptors (Lipinski definition) is 5. The molecule has 0 fully saturated rings. The summed E-state index contributed by atoms with van der Waals surface area (Å²) in [5.41, 5.74) is 2.56. The van der Waals surface area contributed by atoms with Crippen molar-refractivity contribution < 1.29 is 14.3 Å². The molecule has 9 heteroatoms. The molecule has 0 bridgehead atoms. The molecule has 0 radical (unpaired) electrons. The van der Waals surface area contributed by atoms with E-state index in [1.807, 2.05) is 6.07 Å². The molecule has 2 aromatic heterocycles. The van der Waals surface area contributed by atoms with Gasteiger partial charge >= 0.3 is 11.7 Å². The van der Waals surface area contributed by atoms with Gasteiger partial charge in [-0.05, 0) is 64.9 Å². The Bertz CT molecular complexity index is 1130. The summed E-state index contributed by atoms with van der Waals surface area (Å²) in [6.45, 7) is 1.83. The Balaban J connectivity index is 1.39. The number of fused-ring (bicyclic) bond motifs is 2. The van der Waals surface area contributed by atoms with Gasteiger partial charge in [0.2, 0.25) is 0 Å². The quantitative estimate of drug-likeness (QED) is 0.514. The number of aryl methyl sites for hydroxylation is 1. The fraction of sp³-hybridized carbons (Fsp3) is 0.316. The number of imidazole rings is 1.